The van der Waals surface area contributed by atoms with Crippen molar-refractivity contribution < 1.29 is 14.6 Å². The van der Waals surface area contributed by atoms with Crippen molar-refractivity contribution in [2.45, 2.75) is 6.92 Å². The van der Waals surface area contributed by atoms with Gasteiger partial charge in [-0.2, -0.15) is 0 Å². The van der Waals surface area contributed by atoms with Crippen LogP contribution in [0.5, 0.6) is 5.75 Å². The second kappa shape index (κ2) is 3.55. The molecule has 0 aliphatic heterocycles. The molecule has 4 heteroatoms. The molecule has 3 nitrogen and oxygen atoms in total. The third kappa shape index (κ3) is 1.57. The second-order valence-corrected chi connectivity index (χ2v) is 4.19. The number of aromatic carboxylic acids is 1. The van der Waals surface area contributed by atoms with Crippen molar-refractivity contribution >= 4 is 27.4 Å². The van der Waals surface area contributed by atoms with Gasteiger partial charge < -0.3 is 9.84 Å². The monoisotopic (exact) mass is 222 g/mol. The van der Waals surface area contributed by atoms with Crippen LogP contribution in [-0.4, -0.2) is 18.2 Å². The van der Waals surface area contributed by atoms with E-state index < -0.39 is 5.97 Å². The first kappa shape index (κ1) is 9.98. The lowest BCUT2D eigenvalue weighted by Gasteiger charge is -2.04. The summed E-state index contributed by atoms with van der Waals surface area (Å²) in [6.07, 6.45) is 0. The summed E-state index contributed by atoms with van der Waals surface area (Å²) in [5.41, 5.74) is 1.38. The third-order valence-corrected chi connectivity index (χ3v) is 3.34. The number of carboxylic acid groups (broad SMARTS) is 1. The molecule has 15 heavy (non-hydrogen) atoms. The summed E-state index contributed by atoms with van der Waals surface area (Å²) in [4.78, 5) is 10.9. The number of carbonyl (C=O) groups is 1. The lowest BCUT2D eigenvalue weighted by atomic mass is 10.1. The zero-order valence-electron chi connectivity index (χ0n) is 8.40. The van der Waals surface area contributed by atoms with Crippen LogP contribution in [0, 0.1) is 6.92 Å². The number of aryl methyl sites for hydroxylation is 1. The maximum absolute atomic E-state index is 10.9. The predicted molar refractivity (Wildman–Crippen MR) is 60.1 cm³/mol. The summed E-state index contributed by atoms with van der Waals surface area (Å²) in [6.45, 7) is 1.99. The van der Waals surface area contributed by atoms with Crippen molar-refractivity contribution in [3.63, 3.8) is 0 Å². The summed E-state index contributed by atoms with van der Waals surface area (Å²) in [5.74, 6) is -0.301. The van der Waals surface area contributed by atoms with Crippen LogP contribution in [0.15, 0.2) is 17.5 Å². The lowest BCUT2D eigenvalue weighted by Crippen LogP contribution is -1.97. The van der Waals surface area contributed by atoms with Gasteiger partial charge in [-0.3, -0.25) is 0 Å². The highest BCUT2D eigenvalue weighted by Gasteiger charge is 2.12. The van der Waals surface area contributed by atoms with Gasteiger partial charge in [0.15, 0.2) is 0 Å². The minimum atomic E-state index is -0.929. The third-order valence-electron chi connectivity index (χ3n) is 2.29. The Morgan fingerprint density at radius 1 is 1.47 bits per heavy atom. The quantitative estimate of drug-likeness (QED) is 0.849. The fourth-order valence-electron chi connectivity index (χ4n) is 1.57. The Bertz CT molecular complexity index is 528. The van der Waals surface area contributed by atoms with Crippen LogP contribution in [0.4, 0.5) is 0 Å². The Labute approximate surface area is 90.9 Å². The van der Waals surface area contributed by atoms with Crippen LogP contribution in [0.25, 0.3) is 10.1 Å². The number of ether oxygens (including phenoxy) is 1. The van der Waals surface area contributed by atoms with Crippen LogP contribution in [0.1, 0.15) is 15.9 Å². The van der Waals surface area contributed by atoms with E-state index >= 15 is 0 Å². The van der Waals surface area contributed by atoms with Gasteiger partial charge >= 0.3 is 5.97 Å². The van der Waals surface area contributed by atoms with E-state index in [2.05, 4.69) is 0 Å². The molecular weight excluding hydrogens is 212 g/mol. The number of methoxy groups -OCH3 is 1. The van der Waals surface area contributed by atoms with E-state index in [1.165, 1.54) is 11.3 Å². The first-order valence-corrected chi connectivity index (χ1v) is 5.30. The summed E-state index contributed by atoms with van der Waals surface area (Å²) in [7, 11) is 1.55. The Hall–Kier alpha value is -1.55. The smallest absolute Gasteiger partial charge is 0.335 e. The normalized spacial score (nSPS) is 10.5. The molecule has 1 aromatic carbocycles. The molecule has 0 atom stereocenters. The molecule has 0 saturated carbocycles. The van der Waals surface area contributed by atoms with Crippen LogP contribution in [0.2, 0.25) is 0 Å². The van der Waals surface area contributed by atoms with E-state index in [1.807, 2.05) is 12.3 Å². The SMILES string of the molecule is COc1cc(C(=O)O)cc2scc(C)c12. The van der Waals surface area contributed by atoms with Gasteiger partial charge in [-0.05, 0) is 30.0 Å². The Morgan fingerprint density at radius 3 is 2.80 bits per heavy atom. The van der Waals surface area contributed by atoms with E-state index in [-0.39, 0.29) is 5.56 Å². The van der Waals surface area contributed by atoms with Gasteiger partial charge in [-0.25, -0.2) is 4.79 Å². The molecule has 0 bridgehead atoms. The molecule has 0 aliphatic carbocycles. The predicted octanol–water partition coefficient (Wildman–Crippen LogP) is 2.92. The summed E-state index contributed by atoms with van der Waals surface area (Å²) in [6, 6.07) is 3.24. The van der Waals surface area contributed by atoms with Crippen LogP contribution in [-0.2, 0) is 0 Å². The zero-order chi connectivity index (χ0) is 11.0. The maximum Gasteiger partial charge on any atom is 0.335 e. The van der Waals surface area contributed by atoms with Crippen molar-refractivity contribution in [2.24, 2.45) is 0 Å². The van der Waals surface area contributed by atoms with E-state index in [9.17, 15) is 4.79 Å². The average molecular weight is 222 g/mol. The number of thiophene rings is 1. The second-order valence-electron chi connectivity index (χ2n) is 3.28. The van der Waals surface area contributed by atoms with Crippen molar-refractivity contribution in [1.82, 2.24) is 0 Å². The van der Waals surface area contributed by atoms with Crippen molar-refractivity contribution in [3.05, 3.63) is 28.6 Å². The first-order chi connectivity index (χ1) is 7.13. The molecule has 2 aromatic rings. The summed E-state index contributed by atoms with van der Waals surface area (Å²) in [5, 5.41) is 11.9. The molecule has 0 aliphatic rings. The summed E-state index contributed by atoms with van der Waals surface area (Å²) >= 11 is 1.53. The summed E-state index contributed by atoms with van der Waals surface area (Å²) < 4.78 is 6.15. The fraction of sp³-hybridized carbons (Fsp3) is 0.182. The minimum absolute atomic E-state index is 0.265. The van der Waals surface area contributed by atoms with E-state index in [0.29, 0.717) is 5.75 Å². The molecule has 0 amide bonds. The van der Waals surface area contributed by atoms with Gasteiger partial charge in [0.2, 0.25) is 0 Å². The van der Waals surface area contributed by atoms with E-state index in [0.717, 1.165) is 15.6 Å². The Kier molecular flexibility index (Phi) is 2.36. The van der Waals surface area contributed by atoms with E-state index in [4.69, 9.17) is 9.84 Å². The maximum atomic E-state index is 10.9. The highest BCUT2D eigenvalue weighted by atomic mass is 32.1. The molecule has 78 valence electrons. The number of hydrogen-bond donors (Lipinski definition) is 1. The molecule has 0 saturated heterocycles. The molecular formula is C11H10O3S. The average Bonchev–Trinajstić information content (AvgIpc) is 2.59. The number of carboxylic acids is 1. The van der Waals surface area contributed by atoms with Crippen LogP contribution < -0.4 is 4.74 Å². The number of hydrogen-bond acceptors (Lipinski definition) is 3. The standard InChI is InChI=1S/C11H10O3S/c1-6-5-15-9-4-7(11(12)13)3-8(14-2)10(6)9/h3-5H,1-2H3,(H,12,13). The van der Waals surface area contributed by atoms with Crippen molar-refractivity contribution in [1.29, 1.82) is 0 Å². The minimum Gasteiger partial charge on any atom is -0.496 e. The molecule has 1 heterocycles. The van der Waals surface area contributed by atoms with Gasteiger partial charge in [0.05, 0.1) is 12.7 Å². The van der Waals surface area contributed by atoms with Crippen LogP contribution >= 0.6 is 11.3 Å². The van der Waals surface area contributed by atoms with Gasteiger partial charge in [0.25, 0.3) is 0 Å². The number of benzene rings is 1. The largest absolute Gasteiger partial charge is 0.496 e. The zero-order valence-corrected chi connectivity index (χ0v) is 9.22. The molecule has 0 radical (unpaired) electrons. The highest BCUT2D eigenvalue weighted by Crippen LogP contribution is 2.34. The highest BCUT2D eigenvalue weighted by molar-refractivity contribution is 7.17. The number of fused-ring (bicyclic) bond motifs is 1. The topological polar surface area (TPSA) is 46.5 Å². The molecule has 0 fully saturated rings. The van der Waals surface area contributed by atoms with Gasteiger partial charge in [0, 0.05) is 10.1 Å². The Balaban J connectivity index is 2.79. The Morgan fingerprint density at radius 2 is 2.20 bits per heavy atom. The van der Waals surface area contributed by atoms with Gasteiger partial charge in [-0.15, -0.1) is 11.3 Å². The van der Waals surface area contributed by atoms with Gasteiger partial charge in [-0.1, -0.05) is 0 Å². The van der Waals surface area contributed by atoms with Crippen LogP contribution in [0.3, 0.4) is 0 Å². The van der Waals surface area contributed by atoms with E-state index in [1.54, 1.807) is 19.2 Å². The molecule has 0 spiro atoms. The number of rotatable bonds is 2. The molecule has 1 N–H and O–H groups in total. The molecule has 1 aromatic heterocycles. The molecule has 0 unspecified atom stereocenters. The lowest BCUT2D eigenvalue weighted by molar-refractivity contribution is 0.0696. The van der Waals surface area contributed by atoms with Crippen molar-refractivity contribution in [3.8, 4) is 5.75 Å². The first-order valence-electron chi connectivity index (χ1n) is 4.42. The van der Waals surface area contributed by atoms with Crippen molar-refractivity contribution in [2.75, 3.05) is 7.11 Å². The van der Waals surface area contributed by atoms with Gasteiger partial charge in [0.1, 0.15) is 5.75 Å². The fourth-order valence-corrected chi connectivity index (χ4v) is 2.56. The molecule has 2 rings (SSSR count).